The molecule has 1 amide bonds. The Hall–Kier alpha value is -3.45. The van der Waals surface area contributed by atoms with Crippen molar-refractivity contribution in [1.82, 2.24) is 14.5 Å². The molecular formula is C25H32F2N4O7. The third kappa shape index (κ3) is 7.78. The number of carbonyl (C=O) groups excluding carboxylic acids is 2. The summed E-state index contributed by atoms with van der Waals surface area (Å²) in [6, 6.07) is 4.54. The van der Waals surface area contributed by atoms with Crippen molar-refractivity contribution in [3.05, 3.63) is 52.8 Å². The minimum atomic E-state index is -3.87. The molecule has 1 aliphatic heterocycles. The van der Waals surface area contributed by atoms with E-state index in [1.807, 2.05) is 0 Å². The second-order valence-corrected chi connectivity index (χ2v) is 8.83. The molecule has 3 atom stereocenters. The summed E-state index contributed by atoms with van der Waals surface area (Å²) in [6.07, 6.45) is 2.21. The van der Waals surface area contributed by atoms with E-state index in [0.717, 1.165) is 43.5 Å². The smallest absolute Gasteiger partial charge is 0.412 e. The first-order valence-corrected chi connectivity index (χ1v) is 12.5. The first-order chi connectivity index (χ1) is 18.3. The maximum Gasteiger partial charge on any atom is 0.412 e. The summed E-state index contributed by atoms with van der Waals surface area (Å²) >= 11 is 0. The quantitative estimate of drug-likeness (QED) is 0.290. The number of esters is 1. The molecule has 0 radical (unpaired) electrons. The molecule has 2 aromatic heterocycles. The average molecular weight is 539 g/mol. The fourth-order valence-electron chi connectivity index (χ4n) is 3.93. The lowest BCUT2D eigenvalue weighted by Crippen LogP contribution is -2.44. The van der Waals surface area contributed by atoms with Gasteiger partial charge < -0.3 is 19.3 Å². The van der Waals surface area contributed by atoms with Crippen LogP contribution in [0.1, 0.15) is 57.2 Å². The van der Waals surface area contributed by atoms with E-state index >= 15 is 8.78 Å². The third-order valence-electron chi connectivity index (χ3n) is 5.92. The van der Waals surface area contributed by atoms with Crippen LogP contribution in [-0.2, 0) is 25.4 Å². The number of carbonyl (C=O) groups is 2. The van der Waals surface area contributed by atoms with Crippen LogP contribution in [0.15, 0.2) is 41.6 Å². The van der Waals surface area contributed by atoms with Crippen LogP contribution in [0.2, 0.25) is 0 Å². The number of nitrogens with one attached hydrogen (secondary N) is 1. The van der Waals surface area contributed by atoms with E-state index in [1.165, 1.54) is 0 Å². The van der Waals surface area contributed by atoms with E-state index in [0.29, 0.717) is 11.0 Å². The van der Waals surface area contributed by atoms with Crippen molar-refractivity contribution in [2.75, 3.05) is 18.5 Å². The fourth-order valence-corrected chi connectivity index (χ4v) is 3.93. The van der Waals surface area contributed by atoms with Gasteiger partial charge in [-0.25, -0.2) is 9.59 Å². The number of ether oxygens (including phenoxy) is 3. The molecular weight excluding hydrogens is 506 g/mol. The Bertz CT molecular complexity index is 1120. The topological polar surface area (TPSA) is 142 Å². The predicted molar refractivity (Wildman–Crippen MR) is 131 cm³/mol. The van der Waals surface area contributed by atoms with Crippen molar-refractivity contribution in [3.63, 3.8) is 0 Å². The number of amides is 1. The Balaban J connectivity index is 1.59. The molecule has 0 unspecified atom stereocenters. The maximum absolute atomic E-state index is 15.3. The number of aromatic nitrogens is 3. The van der Waals surface area contributed by atoms with E-state index in [4.69, 9.17) is 14.2 Å². The van der Waals surface area contributed by atoms with E-state index in [-0.39, 0.29) is 25.3 Å². The van der Waals surface area contributed by atoms with Crippen LogP contribution in [0.4, 0.5) is 19.4 Å². The van der Waals surface area contributed by atoms with Gasteiger partial charge in [-0.2, -0.15) is 13.8 Å². The molecule has 1 saturated heterocycles. The first kappa shape index (κ1) is 29.1. The van der Waals surface area contributed by atoms with Gasteiger partial charge in [0.1, 0.15) is 11.9 Å². The molecule has 2 N–H and O–H groups in total. The van der Waals surface area contributed by atoms with E-state index in [9.17, 15) is 19.5 Å². The van der Waals surface area contributed by atoms with Crippen LogP contribution < -0.4 is 11.0 Å². The second-order valence-electron chi connectivity index (χ2n) is 8.83. The Morgan fingerprint density at radius 1 is 1.24 bits per heavy atom. The zero-order valence-corrected chi connectivity index (χ0v) is 21.1. The highest BCUT2D eigenvalue weighted by molar-refractivity contribution is 5.83. The Kier molecular flexibility index (Phi) is 10.7. The highest BCUT2D eigenvalue weighted by Gasteiger charge is 2.62. The van der Waals surface area contributed by atoms with Gasteiger partial charge in [0.05, 0.1) is 13.2 Å². The predicted octanol–water partition coefficient (Wildman–Crippen LogP) is 3.23. The van der Waals surface area contributed by atoms with Crippen molar-refractivity contribution in [1.29, 1.82) is 0 Å². The van der Waals surface area contributed by atoms with Gasteiger partial charge in [-0.05, 0) is 30.5 Å². The van der Waals surface area contributed by atoms with Crippen LogP contribution in [0, 0.1) is 0 Å². The summed E-state index contributed by atoms with van der Waals surface area (Å²) in [5.41, 5.74) is -0.426. The number of aryl methyl sites for hydroxylation is 1. The fraction of sp³-hybridized carbons (Fsp3) is 0.560. The van der Waals surface area contributed by atoms with Crippen LogP contribution in [0.5, 0.6) is 0 Å². The van der Waals surface area contributed by atoms with Crippen LogP contribution in [0.3, 0.4) is 0 Å². The van der Waals surface area contributed by atoms with Crippen molar-refractivity contribution >= 4 is 17.9 Å². The van der Waals surface area contributed by atoms with Crippen LogP contribution in [0.25, 0.3) is 0 Å². The zero-order chi connectivity index (χ0) is 27.5. The van der Waals surface area contributed by atoms with E-state index < -0.39 is 48.7 Å². The SMILES string of the molecule is CCCCCCCOC(=O)Nc1ccn([C@@H]2O[C@H](CO)[C@@H](OC(=O)CCc3cccnc3)C2(F)F)c(=O)n1. The van der Waals surface area contributed by atoms with Gasteiger partial charge in [0.15, 0.2) is 6.10 Å². The molecule has 0 saturated carbocycles. The van der Waals surface area contributed by atoms with Crippen molar-refractivity contribution in [3.8, 4) is 0 Å². The summed E-state index contributed by atoms with van der Waals surface area (Å²) in [5, 5.41) is 11.9. The molecule has 38 heavy (non-hydrogen) atoms. The second kappa shape index (κ2) is 13.9. The molecule has 3 rings (SSSR count). The number of nitrogens with zero attached hydrogens (tertiary/aromatic N) is 3. The molecule has 1 aliphatic rings. The van der Waals surface area contributed by atoms with Crippen molar-refractivity contribution < 1.29 is 37.7 Å². The molecule has 0 bridgehead atoms. The third-order valence-corrected chi connectivity index (χ3v) is 5.92. The van der Waals surface area contributed by atoms with Gasteiger partial charge in [-0.3, -0.25) is 19.7 Å². The molecule has 11 nitrogen and oxygen atoms in total. The summed E-state index contributed by atoms with van der Waals surface area (Å²) in [6.45, 7) is 1.41. The van der Waals surface area contributed by atoms with Crippen molar-refractivity contribution in [2.45, 2.75) is 76.2 Å². The number of rotatable bonds is 13. The minimum Gasteiger partial charge on any atom is -0.453 e. The molecule has 0 aromatic carbocycles. The Labute approximate surface area is 218 Å². The molecule has 0 aliphatic carbocycles. The highest BCUT2D eigenvalue weighted by atomic mass is 19.3. The number of hydrogen-bond acceptors (Lipinski definition) is 9. The summed E-state index contributed by atoms with van der Waals surface area (Å²) < 4.78 is 46.3. The first-order valence-electron chi connectivity index (χ1n) is 12.5. The summed E-state index contributed by atoms with van der Waals surface area (Å²) in [5.74, 6) is -4.98. The summed E-state index contributed by atoms with van der Waals surface area (Å²) in [4.78, 5) is 44.2. The lowest BCUT2D eigenvalue weighted by atomic mass is 10.1. The lowest BCUT2D eigenvalue weighted by Gasteiger charge is -2.24. The number of anilines is 1. The van der Waals surface area contributed by atoms with Gasteiger partial charge >= 0.3 is 23.7 Å². The highest BCUT2D eigenvalue weighted by Crippen LogP contribution is 2.44. The van der Waals surface area contributed by atoms with E-state index in [1.54, 1.807) is 24.5 Å². The number of alkyl halides is 2. The number of halogens is 2. The van der Waals surface area contributed by atoms with Crippen molar-refractivity contribution in [2.24, 2.45) is 0 Å². The standard InChI is InChI=1S/C25H32F2N4O7/c1-2-3-4-5-6-14-36-24(35)30-19-11-13-31(23(34)29-19)22-25(26,27)21(18(16-32)37-22)38-20(33)10-9-17-8-7-12-28-15-17/h7-8,11-13,15,18,21-22,32H,2-6,9-10,14,16H2,1H3,(H,29,30,34,35)/t18-,21-,22-/m1/s1. The molecule has 13 heteroatoms. The van der Waals surface area contributed by atoms with Gasteiger partial charge in [-0.1, -0.05) is 38.7 Å². The molecule has 2 aromatic rings. The van der Waals surface area contributed by atoms with Gasteiger partial charge in [-0.15, -0.1) is 0 Å². The number of unbranched alkanes of at least 4 members (excludes halogenated alkanes) is 4. The molecule has 208 valence electrons. The number of pyridine rings is 1. The number of hydrogen-bond donors (Lipinski definition) is 2. The normalized spacial score (nSPS) is 20.2. The minimum absolute atomic E-state index is 0.194. The average Bonchev–Trinajstić information content (AvgIpc) is 3.14. The van der Waals surface area contributed by atoms with E-state index in [2.05, 4.69) is 22.2 Å². The summed E-state index contributed by atoms with van der Waals surface area (Å²) in [7, 11) is 0. The number of aliphatic hydroxyl groups excluding tert-OH is 1. The molecule has 3 heterocycles. The number of aliphatic hydroxyl groups is 1. The lowest BCUT2D eigenvalue weighted by molar-refractivity contribution is -0.176. The van der Waals surface area contributed by atoms with Crippen LogP contribution >= 0.6 is 0 Å². The zero-order valence-electron chi connectivity index (χ0n) is 21.1. The van der Waals surface area contributed by atoms with Crippen LogP contribution in [-0.4, -0.2) is 63.0 Å². The van der Waals surface area contributed by atoms with Gasteiger partial charge in [0.2, 0.25) is 6.23 Å². The Morgan fingerprint density at radius 2 is 2.03 bits per heavy atom. The molecule has 0 spiro atoms. The monoisotopic (exact) mass is 538 g/mol. The van der Waals surface area contributed by atoms with Gasteiger partial charge in [0, 0.05) is 25.0 Å². The maximum atomic E-state index is 15.3. The molecule has 1 fully saturated rings. The largest absolute Gasteiger partial charge is 0.453 e. The Morgan fingerprint density at radius 3 is 2.71 bits per heavy atom. The van der Waals surface area contributed by atoms with Gasteiger partial charge in [0.25, 0.3) is 0 Å².